The zero-order valence-electron chi connectivity index (χ0n) is 6.72. The molecule has 1 rings (SSSR count). The summed E-state index contributed by atoms with van der Waals surface area (Å²) in [6, 6.07) is 0. The van der Waals surface area contributed by atoms with Gasteiger partial charge in [0.1, 0.15) is 5.78 Å². The third-order valence-corrected chi connectivity index (χ3v) is 2.51. The first-order valence-corrected chi connectivity index (χ1v) is 3.86. The molecule has 0 aliphatic heterocycles. The first-order chi connectivity index (χ1) is 5.04. The molecule has 0 atom stereocenters. The maximum absolute atomic E-state index is 10.9. The van der Waals surface area contributed by atoms with Crippen molar-refractivity contribution < 1.29 is 9.59 Å². The second kappa shape index (κ2) is 2.64. The molecule has 0 spiro atoms. The number of hydrogen-bond acceptors (Lipinski definition) is 2. The molecule has 62 valence electrons. The Morgan fingerprint density at radius 2 is 1.91 bits per heavy atom. The van der Waals surface area contributed by atoms with Crippen LogP contribution < -0.4 is 5.73 Å². The van der Waals surface area contributed by atoms with Gasteiger partial charge in [0.2, 0.25) is 5.91 Å². The molecule has 1 saturated carbocycles. The minimum atomic E-state index is -0.423. The van der Waals surface area contributed by atoms with Crippen molar-refractivity contribution in [2.45, 2.75) is 32.6 Å². The number of rotatable bonds is 1. The molecule has 1 aliphatic rings. The Kier molecular flexibility index (Phi) is 1.98. The highest BCUT2D eigenvalue weighted by molar-refractivity contribution is 5.85. The average Bonchev–Trinajstić information content (AvgIpc) is 1.95. The quantitative estimate of drug-likeness (QED) is 0.603. The molecular formula is C8H13NO2. The molecule has 0 aromatic heterocycles. The molecule has 11 heavy (non-hydrogen) atoms. The lowest BCUT2D eigenvalue weighted by Crippen LogP contribution is -2.37. The van der Waals surface area contributed by atoms with E-state index in [1.165, 1.54) is 0 Å². The van der Waals surface area contributed by atoms with Gasteiger partial charge >= 0.3 is 0 Å². The van der Waals surface area contributed by atoms with Gasteiger partial charge in [-0.3, -0.25) is 9.59 Å². The fourth-order valence-electron chi connectivity index (χ4n) is 1.33. The first kappa shape index (κ1) is 8.24. The van der Waals surface area contributed by atoms with Crippen LogP contribution in [0.5, 0.6) is 0 Å². The lowest BCUT2D eigenvalue weighted by atomic mass is 9.75. The van der Waals surface area contributed by atoms with E-state index in [1.807, 2.05) is 6.92 Å². The van der Waals surface area contributed by atoms with Crippen molar-refractivity contribution in [3.63, 3.8) is 0 Å². The van der Waals surface area contributed by atoms with E-state index < -0.39 is 5.41 Å². The zero-order valence-corrected chi connectivity index (χ0v) is 6.72. The molecule has 1 amide bonds. The molecule has 0 bridgehead atoms. The summed E-state index contributed by atoms with van der Waals surface area (Å²) >= 11 is 0. The van der Waals surface area contributed by atoms with Gasteiger partial charge in [0.25, 0.3) is 0 Å². The van der Waals surface area contributed by atoms with Crippen molar-refractivity contribution in [2.24, 2.45) is 11.1 Å². The normalized spacial score (nSPS) is 23.2. The van der Waals surface area contributed by atoms with Crippen LogP contribution >= 0.6 is 0 Å². The molecule has 1 aliphatic carbocycles. The van der Waals surface area contributed by atoms with E-state index in [2.05, 4.69) is 0 Å². The van der Waals surface area contributed by atoms with Crippen LogP contribution in [-0.2, 0) is 9.59 Å². The molecule has 0 saturated heterocycles. The Morgan fingerprint density at radius 1 is 1.45 bits per heavy atom. The molecule has 0 aromatic rings. The van der Waals surface area contributed by atoms with Crippen molar-refractivity contribution >= 4 is 11.7 Å². The number of hydrogen-bond donors (Lipinski definition) is 1. The molecule has 0 heterocycles. The highest BCUT2D eigenvalue weighted by atomic mass is 16.1. The van der Waals surface area contributed by atoms with E-state index in [4.69, 9.17) is 5.73 Å². The molecule has 3 heteroatoms. The van der Waals surface area contributed by atoms with Crippen molar-refractivity contribution in [1.29, 1.82) is 0 Å². The highest BCUT2D eigenvalue weighted by Gasteiger charge is 2.34. The van der Waals surface area contributed by atoms with E-state index in [9.17, 15) is 9.59 Å². The lowest BCUT2D eigenvalue weighted by Gasteiger charge is -2.29. The van der Waals surface area contributed by atoms with Crippen LogP contribution in [0.1, 0.15) is 32.6 Å². The monoisotopic (exact) mass is 155 g/mol. The Labute approximate surface area is 66.0 Å². The van der Waals surface area contributed by atoms with Crippen LogP contribution in [0.25, 0.3) is 0 Å². The van der Waals surface area contributed by atoms with Crippen LogP contribution in [0.3, 0.4) is 0 Å². The SMILES string of the molecule is CC1(C(N)=O)CCC(=O)CC1. The Hall–Kier alpha value is -0.860. The summed E-state index contributed by atoms with van der Waals surface area (Å²) in [7, 11) is 0. The number of amides is 1. The van der Waals surface area contributed by atoms with E-state index in [0.717, 1.165) is 0 Å². The Morgan fingerprint density at radius 3 is 2.27 bits per heavy atom. The van der Waals surface area contributed by atoms with Gasteiger partial charge in [-0.15, -0.1) is 0 Å². The second-order valence-electron chi connectivity index (χ2n) is 3.46. The molecule has 0 radical (unpaired) electrons. The number of carbonyl (C=O) groups is 2. The maximum atomic E-state index is 10.9. The summed E-state index contributed by atoms with van der Waals surface area (Å²) in [5.74, 6) is -0.0197. The maximum Gasteiger partial charge on any atom is 0.223 e. The fourth-order valence-corrected chi connectivity index (χ4v) is 1.33. The standard InChI is InChI=1S/C8H13NO2/c1-8(7(9)11)4-2-6(10)3-5-8/h2-5H2,1H3,(H2,9,11). The number of nitrogens with two attached hydrogens (primary N) is 1. The van der Waals surface area contributed by atoms with Crippen molar-refractivity contribution in [3.05, 3.63) is 0 Å². The van der Waals surface area contributed by atoms with Gasteiger partial charge in [0.05, 0.1) is 0 Å². The van der Waals surface area contributed by atoms with Crippen molar-refractivity contribution in [3.8, 4) is 0 Å². The number of Topliss-reactive ketones (excluding diaryl/α,β-unsaturated/α-hetero) is 1. The largest absolute Gasteiger partial charge is 0.369 e. The topological polar surface area (TPSA) is 60.2 Å². The second-order valence-corrected chi connectivity index (χ2v) is 3.46. The third-order valence-electron chi connectivity index (χ3n) is 2.51. The first-order valence-electron chi connectivity index (χ1n) is 3.86. The Balaban J connectivity index is 2.62. The van der Waals surface area contributed by atoms with Crippen LogP contribution in [0.15, 0.2) is 0 Å². The van der Waals surface area contributed by atoms with Crippen molar-refractivity contribution in [2.75, 3.05) is 0 Å². The zero-order chi connectivity index (χ0) is 8.48. The van der Waals surface area contributed by atoms with Gasteiger partial charge in [-0.25, -0.2) is 0 Å². The minimum absolute atomic E-state index is 0.253. The van der Waals surface area contributed by atoms with Crippen LogP contribution in [-0.4, -0.2) is 11.7 Å². The average molecular weight is 155 g/mol. The summed E-state index contributed by atoms with van der Waals surface area (Å²) in [4.78, 5) is 21.7. The summed E-state index contributed by atoms with van der Waals surface area (Å²) in [6.07, 6.45) is 2.28. The lowest BCUT2D eigenvalue weighted by molar-refractivity contribution is -0.131. The molecule has 0 aromatic carbocycles. The summed E-state index contributed by atoms with van der Waals surface area (Å²) in [6.45, 7) is 1.84. The smallest absolute Gasteiger partial charge is 0.223 e. The molecule has 1 fully saturated rings. The van der Waals surface area contributed by atoms with Gasteiger partial charge in [0.15, 0.2) is 0 Å². The van der Waals surface area contributed by atoms with Crippen LogP contribution in [0.2, 0.25) is 0 Å². The van der Waals surface area contributed by atoms with Gasteiger partial charge in [0, 0.05) is 18.3 Å². The van der Waals surface area contributed by atoms with Gasteiger partial charge in [-0.05, 0) is 12.8 Å². The summed E-state index contributed by atoms with van der Waals surface area (Å²) < 4.78 is 0. The Bertz CT molecular complexity index is 188. The van der Waals surface area contributed by atoms with Gasteiger partial charge in [-0.2, -0.15) is 0 Å². The number of carbonyl (C=O) groups excluding carboxylic acids is 2. The summed E-state index contributed by atoms with van der Waals surface area (Å²) in [5, 5.41) is 0. The van der Waals surface area contributed by atoms with Crippen LogP contribution in [0.4, 0.5) is 0 Å². The molecule has 2 N–H and O–H groups in total. The van der Waals surface area contributed by atoms with E-state index in [1.54, 1.807) is 0 Å². The molecule has 3 nitrogen and oxygen atoms in total. The van der Waals surface area contributed by atoms with Crippen LogP contribution in [0, 0.1) is 5.41 Å². The predicted molar refractivity (Wildman–Crippen MR) is 40.8 cm³/mol. The highest BCUT2D eigenvalue weighted by Crippen LogP contribution is 2.33. The van der Waals surface area contributed by atoms with E-state index >= 15 is 0 Å². The number of ketones is 1. The van der Waals surface area contributed by atoms with E-state index in [-0.39, 0.29) is 11.7 Å². The van der Waals surface area contributed by atoms with Gasteiger partial charge < -0.3 is 5.73 Å². The molecular weight excluding hydrogens is 142 g/mol. The number of primary amides is 1. The summed E-state index contributed by atoms with van der Waals surface area (Å²) in [5.41, 5.74) is 4.77. The molecule has 0 unspecified atom stereocenters. The minimum Gasteiger partial charge on any atom is -0.369 e. The van der Waals surface area contributed by atoms with E-state index in [0.29, 0.717) is 25.7 Å². The van der Waals surface area contributed by atoms with Crippen molar-refractivity contribution in [1.82, 2.24) is 0 Å². The van der Waals surface area contributed by atoms with Gasteiger partial charge in [-0.1, -0.05) is 6.92 Å². The predicted octanol–water partition coefficient (Wildman–Crippen LogP) is 0.621. The fraction of sp³-hybridized carbons (Fsp3) is 0.750. The third kappa shape index (κ3) is 1.59.